The summed E-state index contributed by atoms with van der Waals surface area (Å²) in [4.78, 5) is 0. The van der Waals surface area contributed by atoms with Crippen LogP contribution in [0.25, 0.3) is 88.4 Å². The number of alkyl halides is 6. The Kier molecular flexibility index (Phi) is 9.00. The topological polar surface area (TPSA) is 9.86 Å². The van der Waals surface area contributed by atoms with E-state index in [0.29, 0.717) is 33.4 Å². The number of aromatic nitrogens is 2. The van der Waals surface area contributed by atoms with Crippen LogP contribution in [0.3, 0.4) is 0 Å². The van der Waals surface area contributed by atoms with Gasteiger partial charge in [0.1, 0.15) is 0 Å². The van der Waals surface area contributed by atoms with Gasteiger partial charge >= 0.3 is 12.4 Å². The molecule has 0 N–H and O–H groups in total. The predicted octanol–water partition coefficient (Wildman–Crippen LogP) is 16.2. The fourth-order valence-electron chi connectivity index (χ4n) is 9.30. The standard InChI is InChI=1S/C54H38F6N2/c1-31-14-20-39(34(4)25-31)35-16-23-51-45(27-35)40-9-5-7-11-49(40)61(51)37-18-21-47(53(55,56)57)43(29-37)44-30-38(19-22-48(44)54(58,59)60)62-50-12-8-6-10-41(50)46-28-36(17-24-52(46)62)42-26-32(2)13-15-33(42)3/h5-30H,1-4H3. The van der Waals surface area contributed by atoms with Crippen molar-refractivity contribution in [2.75, 3.05) is 0 Å². The van der Waals surface area contributed by atoms with E-state index in [1.54, 1.807) is 0 Å². The van der Waals surface area contributed by atoms with Crippen LogP contribution in [0.5, 0.6) is 0 Å². The van der Waals surface area contributed by atoms with Crippen LogP contribution in [-0.4, -0.2) is 9.13 Å². The first kappa shape index (κ1) is 39.1. The molecule has 8 heteroatoms. The Bertz CT molecular complexity index is 3430. The minimum Gasteiger partial charge on any atom is -0.309 e. The molecule has 0 aliphatic rings. The Hall–Kier alpha value is -7.06. The molecule has 0 saturated heterocycles. The first-order chi connectivity index (χ1) is 29.7. The van der Waals surface area contributed by atoms with Crippen LogP contribution >= 0.6 is 0 Å². The van der Waals surface area contributed by atoms with Crippen molar-refractivity contribution in [3.05, 3.63) is 191 Å². The number of fused-ring (bicyclic) bond motifs is 6. The second kappa shape index (κ2) is 14.3. The molecule has 306 valence electrons. The van der Waals surface area contributed by atoms with Crippen molar-refractivity contribution in [1.29, 1.82) is 0 Å². The van der Waals surface area contributed by atoms with E-state index in [9.17, 15) is 0 Å². The zero-order valence-corrected chi connectivity index (χ0v) is 34.2. The predicted molar refractivity (Wildman–Crippen MR) is 240 cm³/mol. The van der Waals surface area contributed by atoms with Gasteiger partial charge in [-0.25, -0.2) is 0 Å². The second-order valence-corrected chi connectivity index (χ2v) is 16.3. The highest BCUT2D eigenvalue weighted by Gasteiger charge is 2.39. The largest absolute Gasteiger partial charge is 0.417 e. The number of hydrogen-bond acceptors (Lipinski definition) is 0. The molecule has 10 rings (SSSR count). The van der Waals surface area contributed by atoms with Crippen LogP contribution < -0.4 is 0 Å². The molecule has 62 heavy (non-hydrogen) atoms. The first-order valence-corrected chi connectivity index (χ1v) is 20.3. The highest BCUT2D eigenvalue weighted by atomic mass is 19.4. The SMILES string of the molecule is Cc1ccc(-c2ccc3c(c2)c2ccccc2n3-c2ccc(C(F)(F)F)c(-c3cc(-n4c5ccccc5c5cc(-c6cc(C)ccc6C)ccc54)ccc3C(F)(F)F)c2)c(C)c1. The van der Waals surface area contributed by atoms with Crippen LogP contribution in [0.15, 0.2) is 158 Å². The van der Waals surface area contributed by atoms with Crippen molar-refractivity contribution >= 4 is 43.6 Å². The van der Waals surface area contributed by atoms with E-state index >= 15 is 26.3 Å². The molecule has 0 unspecified atom stereocenters. The summed E-state index contributed by atoms with van der Waals surface area (Å²) in [5.74, 6) is 0. The number of aryl methyl sites for hydroxylation is 4. The van der Waals surface area contributed by atoms with Crippen LogP contribution in [0, 0.1) is 27.7 Å². The Morgan fingerprint density at radius 1 is 0.339 bits per heavy atom. The fourth-order valence-corrected chi connectivity index (χ4v) is 9.30. The van der Waals surface area contributed by atoms with Crippen LogP contribution in [0.2, 0.25) is 0 Å². The summed E-state index contributed by atoms with van der Waals surface area (Å²) in [6, 6.07) is 46.5. The summed E-state index contributed by atoms with van der Waals surface area (Å²) < 4.78 is 94.5. The summed E-state index contributed by atoms with van der Waals surface area (Å²) in [7, 11) is 0. The molecule has 0 radical (unpaired) electrons. The number of halogens is 6. The number of nitrogens with zero attached hydrogens (tertiary/aromatic N) is 2. The van der Waals surface area contributed by atoms with Crippen molar-refractivity contribution < 1.29 is 26.3 Å². The fraction of sp³-hybridized carbons (Fsp3) is 0.111. The van der Waals surface area contributed by atoms with Gasteiger partial charge in [0.2, 0.25) is 0 Å². The van der Waals surface area contributed by atoms with Gasteiger partial charge in [0.15, 0.2) is 0 Å². The van der Waals surface area contributed by atoms with Gasteiger partial charge in [-0.05, 0) is 145 Å². The highest BCUT2D eigenvalue weighted by Crippen LogP contribution is 2.46. The van der Waals surface area contributed by atoms with Crippen LogP contribution in [-0.2, 0) is 12.4 Å². The molecule has 0 spiro atoms. The maximum Gasteiger partial charge on any atom is 0.417 e. The average Bonchev–Trinajstić information content (AvgIpc) is 3.75. The molecule has 10 aromatic rings. The van der Waals surface area contributed by atoms with Gasteiger partial charge in [-0.3, -0.25) is 0 Å². The average molecular weight is 829 g/mol. The zero-order chi connectivity index (χ0) is 43.2. The molecule has 0 aliphatic carbocycles. The number of rotatable bonds is 5. The Morgan fingerprint density at radius 3 is 1.29 bits per heavy atom. The Balaban J connectivity index is 1.20. The minimum absolute atomic E-state index is 0.299. The lowest BCUT2D eigenvalue weighted by Gasteiger charge is -2.21. The molecule has 0 aliphatic heterocycles. The Morgan fingerprint density at radius 2 is 0.790 bits per heavy atom. The van der Waals surface area contributed by atoms with Crippen LogP contribution in [0.4, 0.5) is 26.3 Å². The summed E-state index contributed by atoms with van der Waals surface area (Å²) >= 11 is 0. The third-order valence-electron chi connectivity index (χ3n) is 12.2. The molecule has 0 bridgehead atoms. The number of hydrogen-bond donors (Lipinski definition) is 0. The van der Waals surface area contributed by atoms with Crippen molar-refractivity contribution in [3.8, 4) is 44.8 Å². The summed E-state index contributed by atoms with van der Waals surface area (Å²) in [5, 5.41) is 3.46. The van der Waals surface area contributed by atoms with Crippen LogP contribution in [0.1, 0.15) is 33.4 Å². The normalized spacial score (nSPS) is 12.4. The lowest BCUT2D eigenvalue weighted by molar-refractivity contribution is -0.139. The van der Waals surface area contributed by atoms with Crippen molar-refractivity contribution in [2.24, 2.45) is 0 Å². The molecule has 8 aromatic carbocycles. The zero-order valence-electron chi connectivity index (χ0n) is 34.2. The Labute approximate surface area is 353 Å². The van der Waals surface area contributed by atoms with E-state index in [1.165, 1.54) is 24.3 Å². The summed E-state index contributed by atoms with van der Waals surface area (Å²) in [5.41, 5.74) is 8.48. The molecule has 0 atom stereocenters. The van der Waals surface area contributed by atoms with Gasteiger partial charge < -0.3 is 9.13 Å². The lowest BCUT2D eigenvalue weighted by Crippen LogP contribution is -2.12. The van der Waals surface area contributed by atoms with E-state index in [2.05, 4.69) is 42.5 Å². The third-order valence-corrected chi connectivity index (χ3v) is 12.2. The molecule has 2 aromatic heterocycles. The third kappa shape index (κ3) is 6.44. The van der Waals surface area contributed by atoms with Gasteiger partial charge in [-0.1, -0.05) is 96.1 Å². The highest BCUT2D eigenvalue weighted by molar-refractivity contribution is 6.12. The smallest absolute Gasteiger partial charge is 0.309 e. The van der Waals surface area contributed by atoms with Gasteiger partial charge in [-0.15, -0.1) is 0 Å². The molecule has 2 heterocycles. The van der Waals surface area contributed by atoms with E-state index in [1.807, 2.05) is 116 Å². The van der Waals surface area contributed by atoms with Gasteiger partial charge in [-0.2, -0.15) is 26.3 Å². The quantitative estimate of drug-likeness (QED) is 0.153. The van der Waals surface area contributed by atoms with Crippen molar-refractivity contribution in [3.63, 3.8) is 0 Å². The molecular formula is C54H38F6N2. The first-order valence-electron chi connectivity index (χ1n) is 20.3. The lowest BCUT2D eigenvalue weighted by atomic mass is 9.93. The van der Waals surface area contributed by atoms with E-state index in [-0.39, 0.29) is 0 Å². The summed E-state index contributed by atoms with van der Waals surface area (Å²) in [6.45, 7) is 8.16. The maximum absolute atomic E-state index is 15.1. The minimum atomic E-state index is -4.97. The van der Waals surface area contributed by atoms with E-state index < -0.39 is 34.6 Å². The van der Waals surface area contributed by atoms with E-state index in [4.69, 9.17) is 0 Å². The molecular weight excluding hydrogens is 791 g/mol. The molecule has 0 amide bonds. The maximum atomic E-state index is 15.1. The molecule has 0 fully saturated rings. The number of para-hydroxylation sites is 2. The van der Waals surface area contributed by atoms with Gasteiger partial charge in [0.05, 0.1) is 33.2 Å². The number of benzene rings is 8. The van der Waals surface area contributed by atoms with Gasteiger partial charge in [0, 0.05) is 32.9 Å². The molecule has 2 nitrogen and oxygen atoms in total. The molecule has 0 saturated carbocycles. The van der Waals surface area contributed by atoms with E-state index in [0.717, 1.165) is 78.2 Å². The van der Waals surface area contributed by atoms with Crippen molar-refractivity contribution in [1.82, 2.24) is 9.13 Å². The monoisotopic (exact) mass is 828 g/mol. The van der Waals surface area contributed by atoms with Crippen molar-refractivity contribution in [2.45, 2.75) is 40.0 Å². The second-order valence-electron chi connectivity index (χ2n) is 16.3. The van der Waals surface area contributed by atoms with Gasteiger partial charge in [0.25, 0.3) is 0 Å². The summed E-state index contributed by atoms with van der Waals surface area (Å²) in [6.07, 6.45) is -9.93.